The zero-order valence-electron chi connectivity index (χ0n) is 10.2. The first-order chi connectivity index (χ1) is 7.88. The van der Waals surface area contributed by atoms with Crippen LogP contribution in [0.1, 0.15) is 25.7 Å². The average Bonchev–Trinajstić information content (AvgIpc) is 3.11. The van der Waals surface area contributed by atoms with Crippen LogP contribution in [0.3, 0.4) is 0 Å². The smallest absolute Gasteiger partial charge is 0.0700 e. The number of rotatable bonds is 10. The highest BCUT2D eigenvalue weighted by Gasteiger charge is 2.27. The third kappa shape index (κ3) is 6.06. The van der Waals surface area contributed by atoms with Crippen molar-refractivity contribution < 1.29 is 9.47 Å². The van der Waals surface area contributed by atoms with Gasteiger partial charge in [-0.3, -0.25) is 4.90 Å². The van der Waals surface area contributed by atoms with Crippen molar-refractivity contribution in [3.63, 3.8) is 0 Å². The molecule has 0 atom stereocenters. The molecule has 0 saturated heterocycles. The van der Waals surface area contributed by atoms with E-state index in [2.05, 4.69) is 11.0 Å². The fourth-order valence-electron chi connectivity index (χ4n) is 1.72. The van der Waals surface area contributed by atoms with Gasteiger partial charge in [-0.25, -0.2) is 0 Å². The Balaban J connectivity index is 1.97. The normalized spacial score (nSPS) is 15.3. The van der Waals surface area contributed by atoms with Crippen molar-refractivity contribution in [2.45, 2.75) is 31.7 Å². The van der Waals surface area contributed by atoms with Crippen molar-refractivity contribution in [1.29, 1.82) is 5.26 Å². The number of ether oxygens (including phenoxy) is 2. The topological polar surface area (TPSA) is 45.5 Å². The lowest BCUT2D eigenvalue weighted by Gasteiger charge is -2.20. The summed E-state index contributed by atoms with van der Waals surface area (Å²) in [5.41, 5.74) is 0. The van der Waals surface area contributed by atoms with Gasteiger partial charge in [-0.05, 0) is 19.3 Å². The van der Waals surface area contributed by atoms with Crippen molar-refractivity contribution in [1.82, 2.24) is 4.90 Å². The van der Waals surface area contributed by atoms with Crippen LogP contribution in [0.4, 0.5) is 0 Å². The summed E-state index contributed by atoms with van der Waals surface area (Å²) < 4.78 is 10.3. The number of nitriles is 1. The van der Waals surface area contributed by atoms with E-state index >= 15 is 0 Å². The number of nitrogens with zero attached hydrogens (tertiary/aromatic N) is 2. The van der Waals surface area contributed by atoms with Crippen LogP contribution in [0.2, 0.25) is 0 Å². The van der Waals surface area contributed by atoms with Crippen LogP contribution in [0.5, 0.6) is 0 Å². The van der Waals surface area contributed by atoms with Gasteiger partial charge >= 0.3 is 0 Å². The zero-order valence-corrected chi connectivity index (χ0v) is 10.2. The highest BCUT2D eigenvalue weighted by molar-refractivity contribution is 4.86. The molecule has 0 radical (unpaired) electrons. The second-order valence-corrected chi connectivity index (χ2v) is 4.13. The van der Waals surface area contributed by atoms with Crippen molar-refractivity contribution in [2.24, 2.45) is 0 Å². The molecule has 0 heterocycles. The summed E-state index contributed by atoms with van der Waals surface area (Å²) in [4.78, 5) is 2.42. The van der Waals surface area contributed by atoms with E-state index in [-0.39, 0.29) is 0 Å². The summed E-state index contributed by atoms with van der Waals surface area (Å²) in [6, 6.07) is 2.95. The van der Waals surface area contributed by atoms with Crippen LogP contribution in [0.15, 0.2) is 0 Å². The van der Waals surface area contributed by atoms with Gasteiger partial charge in [-0.15, -0.1) is 0 Å². The van der Waals surface area contributed by atoms with Crippen LogP contribution in [-0.4, -0.2) is 51.0 Å². The molecule has 1 aliphatic carbocycles. The molecule has 1 saturated carbocycles. The molecular formula is C12H22N2O2. The minimum atomic E-state index is 0.640. The molecule has 1 fully saturated rings. The van der Waals surface area contributed by atoms with Gasteiger partial charge < -0.3 is 9.47 Å². The third-order valence-corrected chi connectivity index (χ3v) is 2.74. The molecule has 0 bridgehead atoms. The van der Waals surface area contributed by atoms with Crippen molar-refractivity contribution >= 4 is 0 Å². The lowest BCUT2D eigenvalue weighted by Crippen LogP contribution is -2.29. The van der Waals surface area contributed by atoms with Gasteiger partial charge in [-0.2, -0.15) is 5.26 Å². The largest absolute Gasteiger partial charge is 0.382 e. The lowest BCUT2D eigenvalue weighted by molar-refractivity contribution is 0.0649. The molecule has 1 aliphatic rings. The SMILES string of the molecule is COCCOCCCN(CCC#N)C1CC1. The second kappa shape index (κ2) is 8.51. The van der Waals surface area contributed by atoms with E-state index in [0.29, 0.717) is 19.6 Å². The summed E-state index contributed by atoms with van der Waals surface area (Å²) >= 11 is 0. The Morgan fingerprint density at radius 3 is 2.69 bits per heavy atom. The van der Waals surface area contributed by atoms with Gasteiger partial charge in [0.25, 0.3) is 0 Å². The Labute approximate surface area is 98.1 Å². The van der Waals surface area contributed by atoms with Crippen molar-refractivity contribution in [3.05, 3.63) is 0 Å². The molecule has 0 aromatic carbocycles. The molecule has 92 valence electrons. The number of hydrogen-bond acceptors (Lipinski definition) is 4. The van der Waals surface area contributed by atoms with E-state index in [0.717, 1.165) is 32.2 Å². The zero-order chi connectivity index (χ0) is 11.6. The summed E-state index contributed by atoms with van der Waals surface area (Å²) in [6.07, 6.45) is 4.29. The van der Waals surface area contributed by atoms with Crippen LogP contribution in [0, 0.1) is 11.3 Å². The van der Waals surface area contributed by atoms with Crippen LogP contribution in [-0.2, 0) is 9.47 Å². The summed E-state index contributed by atoms with van der Waals surface area (Å²) in [6.45, 7) is 4.11. The summed E-state index contributed by atoms with van der Waals surface area (Å²) in [5.74, 6) is 0. The van der Waals surface area contributed by atoms with Crippen LogP contribution in [0.25, 0.3) is 0 Å². The molecule has 0 amide bonds. The summed E-state index contributed by atoms with van der Waals surface area (Å²) in [5, 5.41) is 8.57. The first-order valence-corrected chi connectivity index (χ1v) is 6.06. The van der Waals surface area contributed by atoms with Gasteiger partial charge in [0.05, 0.1) is 19.3 Å². The predicted molar refractivity (Wildman–Crippen MR) is 62.1 cm³/mol. The maximum Gasteiger partial charge on any atom is 0.0700 e. The number of methoxy groups -OCH3 is 1. The van der Waals surface area contributed by atoms with E-state index in [1.165, 1.54) is 12.8 Å². The molecule has 0 aliphatic heterocycles. The molecule has 0 N–H and O–H groups in total. The first-order valence-electron chi connectivity index (χ1n) is 6.06. The van der Waals surface area contributed by atoms with Crippen LogP contribution < -0.4 is 0 Å². The third-order valence-electron chi connectivity index (χ3n) is 2.74. The highest BCUT2D eigenvalue weighted by Crippen LogP contribution is 2.26. The maximum absolute atomic E-state index is 8.57. The monoisotopic (exact) mass is 226 g/mol. The average molecular weight is 226 g/mol. The Hall–Kier alpha value is -0.630. The molecule has 0 unspecified atom stereocenters. The van der Waals surface area contributed by atoms with Gasteiger partial charge in [0.2, 0.25) is 0 Å². The minimum Gasteiger partial charge on any atom is -0.382 e. The Kier molecular flexibility index (Phi) is 7.15. The van der Waals surface area contributed by atoms with Gasteiger partial charge in [0.15, 0.2) is 0 Å². The van der Waals surface area contributed by atoms with E-state index in [9.17, 15) is 0 Å². The number of hydrogen-bond donors (Lipinski definition) is 0. The van der Waals surface area contributed by atoms with Crippen molar-refractivity contribution in [2.75, 3.05) is 40.0 Å². The molecule has 0 aromatic heterocycles. The highest BCUT2D eigenvalue weighted by atomic mass is 16.5. The van der Waals surface area contributed by atoms with E-state index in [1.807, 2.05) is 0 Å². The van der Waals surface area contributed by atoms with Gasteiger partial charge in [0, 0.05) is 39.3 Å². The first kappa shape index (κ1) is 13.4. The van der Waals surface area contributed by atoms with Gasteiger partial charge in [-0.1, -0.05) is 0 Å². The molecule has 16 heavy (non-hydrogen) atoms. The molecule has 4 heteroatoms. The molecule has 0 aromatic rings. The molecule has 4 nitrogen and oxygen atoms in total. The van der Waals surface area contributed by atoms with Crippen LogP contribution >= 0.6 is 0 Å². The quantitative estimate of drug-likeness (QED) is 0.528. The second-order valence-electron chi connectivity index (χ2n) is 4.13. The van der Waals surface area contributed by atoms with Crippen molar-refractivity contribution in [3.8, 4) is 6.07 Å². The Bertz CT molecular complexity index is 212. The fraction of sp³-hybridized carbons (Fsp3) is 0.917. The predicted octanol–water partition coefficient (Wildman–Crippen LogP) is 1.42. The summed E-state index contributed by atoms with van der Waals surface area (Å²) in [7, 11) is 1.68. The minimum absolute atomic E-state index is 0.640. The van der Waals surface area contributed by atoms with E-state index in [4.69, 9.17) is 14.7 Å². The van der Waals surface area contributed by atoms with Gasteiger partial charge in [0.1, 0.15) is 0 Å². The lowest BCUT2D eigenvalue weighted by atomic mass is 10.3. The Morgan fingerprint density at radius 2 is 2.06 bits per heavy atom. The maximum atomic E-state index is 8.57. The fourth-order valence-corrected chi connectivity index (χ4v) is 1.72. The van der Waals surface area contributed by atoms with E-state index < -0.39 is 0 Å². The molecule has 1 rings (SSSR count). The standard InChI is InChI=1S/C12H22N2O2/c1-15-10-11-16-9-3-8-14(7-2-6-13)12-4-5-12/h12H,2-5,7-11H2,1H3. The Morgan fingerprint density at radius 1 is 1.25 bits per heavy atom. The molecule has 0 spiro atoms. The molecular weight excluding hydrogens is 204 g/mol. The van der Waals surface area contributed by atoms with E-state index in [1.54, 1.807) is 7.11 Å².